The van der Waals surface area contributed by atoms with Crippen molar-refractivity contribution in [3.05, 3.63) is 123 Å². The standard InChI is InChI=1S/C37H33ClFN7O4Si/c38-25-6-4-24(27(39)17-25)20-50-34-3-1-2-28(42-34)22-10-13-45(14-11-22)19-33-41-31-18-26(7-9-32(31)46(33)21-51-35-12-15-49-35)40-36(47)23-5-8-29-30(16-23)44-37(48)43-29/h1-10,16-18,35H,11-15,19-21H2,(H,40,47)(H2,43,44,48). The summed E-state index contributed by atoms with van der Waals surface area (Å²) in [5.74, 6) is 0.707. The highest BCUT2D eigenvalue weighted by Gasteiger charge is 2.23. The molecule has 51 heavy (non-hydrogen) atoms. The average Bonchev–Trinajstić information content (AvgIpc) is 3.65. The predicted octanol–water partition coefficient (Wildman–Crippen LogP) is 5.92. The Balaban J connectivity index is 0.962. The molecule has 0 bridgehead atoms. The normalized spacial score (nSPS) is 16.3. The Hall–Kier alpha value is -5.08. The minimum absolute atomic E-state index is 0.0576. The number of fused-ring (bicyclic) bond motifs is 2. The zero-order chi connectivity index (χ0) is 34.9. The number of halogens is 2. The Labute approximate surface area is 299 Å². The highest BCUT2D eigenvalue weighted by atomic mass is 35.5. The number of benzene rings is 3. The lowest BCUT2D eigenvalue weighted by molar-refractivity contribution is 0.000856. The van der Waals surface area contributed by atoms with E-state index in [4.69, 9.17) is 31.0 Å². The molecule has 3 aromatic heterocycles. The van der Waals surface area contributed by atoms with Crippen LogP contribution in [0.1, 0.15) is 40.3 Å². The number of pyridine rings is 1. The molecule has 1 atom stereocenters. The van der Waals surface area contributed by atoms with Crippen molar-refractivity contribution in [2.45, 2.75) is 37.9 Å². The van der Waals surface area contributed by atoms with Gasteiger partial charge in [0.1, 0.15) is 27.8 Å². The maximum absolute atomic E-state index is 14.2. The summed E-state index contributed by atoms with van der Waals surface area (Å²) in [6, 6.07) is 21.0. The lowest BCUT2D eigenvalue weighted by atomic mass is 10.0. The number of rotatable bonds is 11. The number of carbonyl (C=O) groups is 1. The molecule has 6 aromatic rings. The SMILES string of the molecule is O=C(Nc1ccc2c(c1)nc(CN1CC=C(c3cccc(OCc4ccc(Cl)cc4F)n3)CC1)n2C[Si]C1CCO1)c1ccc2[nH]c(=O)[nH]c2c1. The van der Waals surface area contributed by atoms with Gasteiger partial charge in [0.05, 0.1) is 34.3 Å². The molecule has 0 spiro atoms. The van der Waals surface area contributed by atoms with E-state index in [0.717, 1.165) is 66.8 Å². The number of amides is 1. The number of ether oxygens (including phenoxy) is 2. The van der Waals surface area contributed by atoms with Crippen molar-refractivity contribution in [2.24, 2.45) is 0 Å². The molecule has 1 saturated heterocycles. The second kappa shape index (κ2) is 14.3. The summed E-state index contributed by atoms with van der Waals surface area (Å²) in [5.41, 5.74) is 6.47. The molecule has 0 saturated carbocycles. The number of hydrogen-bond acceptors (Lipinski definition) is 7. The predicted molar refractivity (Wildman–Crippen MR) is 195 cm³/mol. The first-order chi connectivity index (χ1) is 24.8. The van der Waals surface area contributed by atoms with Crippen LogP contribution in [0.4, 0.5) is 10.1 Å². The quantitative estimate of drug-likeness (QED) is 0.142. The fourth-order valence-corrected chi connectivity index (χ4v) is 7.73. The van der Waals surface area contributed by atoms with Crippen molar-refractivity contribution in [1.82, 2.24) is 29.4 Å². The number of H-pyrrole nitrogens is 2. The summed E-state index contributed by atoms with van der Waals surface area (Å²) in [4.78, 5) is 42.3. The zero-order valence-corrected chi connectivity index (χ0v) is 29.2. The lowest BCUT2D eigenvalue weighted by Crippen LogP contribution is -2.35. The van der Waals surface area contributed by atoms with Crippen LogP contribution in [0.3, 0.4) is 0 Å². The Kier molecular flexibility index (Phi) is 9.26. The van der Waals surface area contributed by atoms with Gasteiger partial charge in [-0.2, -0.15) is 0 Å². The van der Waals surface area contributed by atoms with Gasteiger partial charge in [-0.3, -0.25) is 9.69 Å². The molecule has 1 amide bonds. The Morgan fingerprint density at radius 3 is 2.76 bits per heavy atom. The Morgan fingerprint density at radius 2 is 1.96 bits per heavy atom. The Morgan fingerprint density at radius 1 is 1.08 bits per heavy atom. The van der Waals surface area contributed by atoms with E-state index < -0.39 is 5.82 Å². The summed E-state index contributed by atoms with van der Waals surface area (Å²) in [6.07, 6.45) is 4.89. The second-order valence-corrected chi connectivity index (χ2v) is 14.4. The molecular weight excluding hydrogens is 689 g/mol. The van der Waals surface area contributed by atoms with Gasteiger partial charge in [0.25, 0.3) is 5.91 Å². The monoisotopic (exact) mass is 721 g/mol. The van der Waals surface area contributed by atoms with Crippen LogP contribution in [0, 0.1) is 5.82 Å². The van der Waals surface area contributed by atoms with Crippen molar-refractivity contribution in [3.63, 3.8) is 0 Å². The van der Waals surface area contributed by atoms with E-state index in [9.17, 15) is 14.0 Å². The second-order valence-electron chi connectivity index (χ2n) is 12.6. The van der Waals surface area contributed by atoms with Gasteiger partial charge in [0.2, 0.25) is 5.88 Å². The van der Waals surface area contributed by atoms with Crippen LogP contribution >= 0.6 is 11.6 Å². The molecule has 0 aliphatic carbocycles. The number of nitrogens with zero attached hydrogens (tertiary/aromatic N) is 4. The van der Waals surface area contributed by atoms with E-state index in [-0.39, 0.29) is 18.2 Å². The maximum Gasteiger partial charge on any atom is 0.323 e. The van der Waals surface area contributed by atoms with Gasteiger partial charge in [-0.25, -0.2) is 19.2 Å². The number of carbonyl (C=O) groups excluding carboxylic acids is 1. The molecule has 14 heteroatoms. The molecule has 2 aliphatic heterocycles. The summed E-state index contributed by atoms with van der Waals surface area (Å²) >= 11 is 5.88. The van der Waals surface area contributed by atoms with Crippen LogP contribution < -0.4 is 15.7 Å². The van der Waals surface area contributed by atoms with E-state index in [0.29, 0.717) is 60.5 Å². The zero-order valence-electron chi connectivity index (χ0n) is 27.4. The van der Waals surface area contributed by atoms with Gasteiger partial charge in [0.15, 0.2) is 0 Å². The number of aromatic nitrogens is 5. The molecule has 2 radical (unpaired) electrons. The molecular formula is C37H33ClFN7O4Si. The van der Waals surface area contributed by atoms with Gasteiger partial charge in [-0.15, -0.1) is 0 Å². The van der Waals surface area contributed by atoms with Crippen LogP contribution in [0.25, 0.3) is 27.6 Å². The van der Waals surface area contributed by atoms with Crippen molar-refractivity contribution in [2.75, 3.05) is 25.0 Å². The van der Waals surface area contributed by atoms with E-state index in [1.54, 1.807) is 36.4 Å². The van der Waals surface area contributed by atoms with E-state index in [1.807, 2.05) is 30.3 Å². The molecule has 3 N–H and O–H groups in total. The summed E-state index contributed by atoms with van der Waals surface area (Å²) in [6.45, 7) is 3.09. The number of anilines is 1. The third-order valence-corrected chi connectivity index (χ3v) is 10.8. The van der Waals surface area contributed by atoms with E-state index in [1.165, 1.54) is 6.07 Å². The molecule has 258 valence electrons. The minimum Gasteiger partial charge on any atom is -0.473 e. The van der Waals surface area contributed by atoms with Gasteiger partial charge in [-0.05, 0) is 73.0 Å². The first-order valence-electron chi connectivity index (χ1n) is 16.7. The number of aromatic amines is 2. The van der Waals surface area contributed by atoms with Crippen molar-refractivity contribution >= 4 is 60.4 Å². The molecule has 5 heterocycles. The number of nitrogens with one attached hydrogen (secondary N) is 3. The smallest absolute Gasteiger partial charge is 0.323 e. The average molecular weight is 722 g/mol. The molecule has 11 nitrogen and oxygen atoms in total. The van der Waals surface area contributed by atoms with Gasteiger partial charge in [-0.1, -0.05) is 29.8 Å². The highest BCUT2D eigenvalue weighted by Crippen LogP contribution is 2.27. The fraction of sp³-hybridized carbons (Fsp3) is 0.243. The topological polar surface area (TPSA) is 130 Å². The van der Waals surface area contributed by atoms with Crippen LogP contribution in [-0.4, -0.2) is 70.3 Å². The maximum atomic E-state index is 14.2. The third kappa shape index (κ3) is 7.37. The lowest BCUT2D eigenvalue weighted by Gasteiger charge is -2.28. The summed E-state index contributed by atoms with van der Waals surface area (Å²) < 4.78 is 28.1. The van der Waals surface area contributed by atoms with Crippen LogP contribution in [0.5, 0.6) is 5.88 Å². The van der Waals surface area contributed by atoms with E-state index in [2.05, 4.69) is 30.8 Å². The summed E-state index contributed by atoms with van der Waals surface area (Å²) in [7, 11) is 0.618. The summed E-state index contributed by atoms with van der Waals surface area (Å²) in [5, 5.41) is 3.32. The fourth-order valence-electron chi connectivity index (χ4n) is 6.27. The van der Waals surface area contributed by atoms with Crippen LogP contribution in [0.2, 0.25) is 5.02 Å². The van der Waals surface area contributed by atoms with Gasteiger partial charge < -0.3 is 29.3 Å². The van der Waals surface area contributed by atoms with E-state index >= 15 is 0 Å². The molecule has 8 rings (SSSR count). The first kappa shape index (κ1) is 33.1. The van der Waals surface area contributed by atoms with Crippen molar-refractivity contribution in [1.29, 1.82) is 0 Å². The van der Waals surface area contributed by atoms with Crippen LogP contribution in [0.15, 0.2) is 83.7 Å². The van der Waals surface area contributed by atoms with Crippen LogP contribution in [-0.2, 0) is 24.1 Å². The molecule has 2 aliphatic rings. The molecule has 3 aromatic carbocycles. The number of imidazole rings is 2. The van der Waals surface area contributed by atoms with Gasteiger partial charge in [0, 0.05) is 59.5 Å². The van der Waals surface area contributed by atoms with Crippen molar-refractivity contribution < 1.29 is 18.7 Å². The largest absolute Gasteiger partial charge is 0.473 e. The first-order valence-corrected chi connectivity index (χ1v) is 18.3. The third-order valence-electron chi connectivity index (χ3n) is 9.14. The van der Waals surface area contributed by atoms with Crippen molar-refractivity contribution in [3.8, 4) is 5.88 Å². The Bertz CT molecular complexity index is 2350. The molecule has 1 unspecified atom stereocenters. The number of hydrogen-bond donors (Lipinski definition) is 3. The van der Waals surface area contributed by atoms with Gasteiger partial charge >= 0.3 is 5.69 Å². The molecule has 1 fully saturated rings. The highest BCUT2D eigenvalue weighted by molar-refractivity contribution is 6.36. The minimum atomic E-state index is -0.409.